The number of nitrogens with one attached hydrogen (secondary N) is 2. The highest BCUT2D eigenvalue weighted by molar-refractivity contribution is 6.05. The van der Waals surface area contributed by atoms with Gasteiger partial charge in [-0.25, -0.2) is 4.98 Å². The first-order valence-corrected chi connectivity index (χ1v) is 7.39. The molecule has 2 aromatic carbocycles. The number of hydrogen-bond acceptors (Lipinski definition) is 3. The molecule has 0 bridgehead atoms. The fourth-order valence-corrected chi connectivity index (χ4v) is 2.22. The molecule has 0 fully saturated rings. The zero-order valence-corrected chi connectivity index (χ0v) is 13.1. The van der Waals surface area contributed by atoms with Crippen LogP contribution in [0.15, 0.2) is 66.9 Å². The van der Waals surface area contributed by atoms with E-state index in [1.54, 1.807) is 54.2 Å². The second-order valence-corrected chi connectivity index (χ2v) is 5.20. The molecule has 6 heteroatoms. The fraction of sp³-hybridized carbons (Fsp3) is 0.0556. The molecule has 0 aliphatic carbocycles. The van der Waals surface area contributed by atoms with Gasteiger partial charge < -0.3 is 15.2 Å². The SMILES string of the molecule is Cn1cc(NC(=O)c2ccccc2)nc1C(=O)Nc1ccccc1. The topological polar surface area (TPSA) is 76.0 Å². The minimum absolute atomic E-state index is 0.210. The van der Waals surface area contributed by atoms with Gasteiger partial charge in [-0.15, -0.1) is 0 Å². The number of rotatable bonds is 4. The van der Waals surface area contributed by atoms with Crippen LogP contribution in [-0.4, -0.2) is 21.4 Å². The van der Waals surface area contributed by atoms with E-state index in [4.69, 9.17) is 0 Å². The van der Waals surface area contributed by atoms with Crippen molar-refractivity contribution in [1.29, 1.82) is 0 Å². The van der Waals surface area contributed by atoms with Crippen molar-refractivity contribution >= 4 is 23.3 Å². The van der Waals surface area contributed by atoms with Crippen LogP contribution in [0.3, 0.4) is 0 Å². The maximum absolute atomic E-state index is 12.3. The Bertz CT molecular complexity index is 857. The molecular formula is C18H16N4O2. The number of carbonyl (C=O) groups is 2. The van der Waals surface area contributed by atoms with E-state index in [2.05, 4.69) is 15.6 Å². The molecule has 0 atom stereocenters. The molecule has 2 amide bonds. The molecule has 0 aliphatic rings. The van der Waals surface area contributed by atoms with E-state index in [1.807, 2.05) is 24.3 Å². The molecule has 3 aromatic rings. The Morgan fingerprint density at radius 2 is 1.50 bits per heavy atom. The van der Waals surface area contributed by atoms with Crippen LogP contribution in [0.4, 0.5) is 11.5 Å². The van der Waals surface area contributed by atoms with E-state index in [-0.39, 0.29) is 17.6 Å². The average Bonchev–Trinajstić information content (AvgIpc) is 2.97. The van der Waals surface area contributed by atoms with Crippen LogP contribution >= 0.6 is 0 Å². The Morgan fingerprint density at radius 3 is 2.17 bits per heavy atom. The molecule has 0 saturated carbocycles. The Labute approximate surface area is 139 Å². The summed E-state index contributed by atoms with van der Waals surface area (Å²) in [5.41, 5.74) is 1.21. The third kappa shape index (κ3) is 3.49. The number of benzene rings is 2. The van der Waals surface area contributed by atoms with Crippen LogP contribution in [0.1, 0.15) is 21.0 Å². The molecule has 120 valence electrons. The van der Waals surface area contributed by atoms with Gasteiger partial charge in [0, 0.05) is 24.5 Å². The predicted molar refractivity (Wildman–Crippen MR) is 92.0 cm³/mol. The van der Waals surface area contributed by atoms with Crippen molar-refractivity contribution in [2.24, 2.45) is 7.05 Å². The largest absolute Gasteiger partial charge is 0.328 e. The molecule has 0 saturated heterocycles. The van der Waals surface area contributed by atoms with Crippen molar-refractivity contribution in [2.75, 3.05) is 10.6 Å². The van der Waals surface area contributed by atoms with Crippen molar-refractivity contribution in [3.63, 3.8) is 0 Å². The van der Waals surface area contributed by atoms with E-state index in [1.165, 1.54) is 0 Å². The van der Waals surface area contributed by atoms with Crippen molar-refractivity contribution in [1.82, 2.24) is 9.55 Å². The van der Waals surface area contributed by atoms with E-state index in [0.717, 1.165) is 0 Å². The maximum atomic E-state index is 12.3. The van der Waals surface area contributed by atoms with Crippen molar-refractivity contribution in [3.8, 4) is 0 Å². The first-order chi connectivity index (χ1) is 11.6. The highest BCUT2D eigenvalue weighted by Gasteiger charge is 2.15. The molecule has 0 aliphatic heterocycles. The quantitative estimate of drug-likeness (QED) is 0.776. The zero-order chi connectivity index (χ0) is 16.9. The monoisotopic (exact) mass is 320 g/mol. The van der Waals surface area contributed by atoms with Gasteiger partial charge in [-0.2, -0.15) is 0 Å². The lowest BCUT2D eigenvalue weighted by Gasteiger charge is -2.04. The number of aryl methyl sites for hydroxylation is 1. The van der Waals surface area contributed by atoms with E-state index in [9.17, 15) is 9.59 Å². The Hall–Kier alpha value is -3.41. The lowest BCUT2D eigenvalue weighted by molar-refractivity contribution is 0.100. The molecule has 1 heterocycles. The van der Waals surface area contributed by atoms with Gasteiger partial charge in [0.05, 0.1) is 0 Å². The number of anilines is 2. The summed E-state index contributed by atoms with van der Waals surface area (Å²) in [6.07, 6.45) is 1.60. The molecule has 0 unspecified atom stereocenters. The number of hydrogen-bond donors (Lipinski definition) is 2. The summed E-state index contributed by atoms with van der Waals surface area (Å²) in [7, 11) is 1.70. The Kier molecular flexibility index (Phi) is 4.38. The van der Waals surface area contributed by atoms with Crippen LogP contribution in [0.2, 0.25) is 0 Å². The number of nitrogens with zero attached hydrogens (tertiary/aromatic N) is 2. The first kappa shape index (κ1) is 15.5. The average molecular weight is 320 g/mol. The summed E-state index contributed by atoms with van der Waals surface area (Å²) in [5.74, 6) is -0.0839. The summed E-state index contributed by atoms with van der Waals surface area (Å²) in [6, 6.07) is 17.9. The normalized spacial score (nSPS) is 10.2. The highest BCUT2D eigenvalue weighted by Crippen LogP contribution is 2.12. The molecule has 1 aromatic heterocycles. The molecule has 3 rings (SSSR count). The minimum atomic E-state index is -0.344. The lowest BCUT2D eigenvalue weighted by atomic mass is 10.2. The van der Waals surface area contributed by atoms with Crippen LogP contribution in [0.25, 0.3) is 0 Å². The molecule has 24 heavy (non-hydrogen) atoms. The standard InChI is InChI=1S/C18H16N4O2/c1-22-12-15(21-17(23)13-8-4-2-5-9-13)20-16(22)18(24)19-14-10-6-3-7-11-14/h2-12H,1H3,(H,19,24)(H,21,23). The Morgan fingerprint density at radius 1 is 0.875 bits per heavy atom. The predicted octanol–water partition coefficient (Wildman–Crippen LogP) is 2.92. The summed E-state index contributed by atoms with van der Waals surface area (Å²) in [6.45, 7) is 0. The van der Waals surface area contributed by atoms with Gasteiger partial charge in [-0.1, -0.05) is 36.4 Å². The second kappa shape index (κ2) is 6.78. The maximum Gasteiger partial charge on any atom is 0.291 e. The summed E-state index contributed by atoms with van der Waals surface area (Å²) in [4.78, 5) is 28.6. The molecule has 0 spiro atoms. The van der Waals surface area contributed by atoms with E-state index in [0.29, 0.717) is 17.1 Å². The minimum Gasteiger partial charge on any atom is -0.328 e. The molecule has 2 N–H and O–H groups in total. The number of aromatic nitrogens is 2. The van der Waals surface area contributed by atoms with Crippen LogP contribution in [0.5, 0.6) is 0 Å². The molecule has 0 radical (unpaired) electrons. The fourth-order valence-electron chi connectivity index (χ4n) is 2.22. The Balaban J connectivity index is 1.73. The first-order valence-electron chi connectivity index (χ1n) is 7.39. The van der Waals surface area contributed by atoms with Gasteiger partial charge in [0.15, 0.2) is 5.82 Å². The van der Waals surface area contributed by atoms with Crippen LogP contribution in [-0.2, 0) is 7.05 Å². The van der Waals surface area contributed by atoms with Crippen molar-refractivity contribution in [3.05, 3.63) is 78.2 Å². The number of carbonyl (C=O) groups excluding carboxylic acids is 2. The smallest absolute Gasteiger partial charge is 0.291 e. The van der Waals surface area contributed by atoms with Gasteiger partial charge in [0.2, 0.25) is 5.82 Å². The second-order valence-electron chi connectivity index (χ2n) is 5.20. The van der Waals surface area contributed by atoms with Crippen LogP contribution in [0, 0.1) is 0 Å². The summed E-state index contributed by atoms with van der Waals surface area (Å²) < 4.78 is 1.57. The van der Waals surface area contributed by atoms with Gasteiger partial charge >= 0.3 is 0 Å². The summed E-state index contributed by atoms with van der Waals surface area (Å²) >= 11 is 0. The van der Waals surface area contributed by atoms with Gasteiger partial charge in [-0.3, -0.25) is 9.59 Å². The van der Waals surface area contributed by atoms with Crippen LogP contribution < -0.4 is 10.6 Å². The number of imidazole rings is 1. The van der Waals surface area contributed by atoms with Crippen molar-refractivity contribution < 1.29 is 9.59 Å². The van der Waals surface area contributed by atoms with Gasteiger partial charge in [0.25, 0.3) is 11.8 Å². The third-order valence-electron chi connectivity index (χ3n) is 3.39. The zero-order valence-electron chi connectivity index (χ0n) is 13.1. The number of para-hydroxylation sites is 1. The molecule has 6 nitrogen and oxygen atoms in total. The van der Waals surface area contributed by atoms with Crippen molar-refractivity contribution in [2.45, 2.75) is 0 Å². The van der Waals surface area contributed by atoms with E-state index >= 15 is 0 Å². The van der Waals surface area contributed by atoms with Gasteiger partial charge in [-0.05, 0) is 24.3 Å². The number of amides is 2. The van der Waals surface area contributed by atoms with E-state index < -0.39 is 0 Å². The highest BCUT2D eigenvalue weighted by atomic mass is 16.2. The summed E-state index contributed by atoms with van der Waals surface area (Å²) in [5, 5.41) is 5.45. The third-order valence-corrected chi connectivity index (χ3v) is 3.39. The molecular weight excluding hydrogens is 304 g/mol. The lowest BCUT2D eigenvalue weighted by Crippen LogP contribution is -2.17. The van der Waals surface area contributed by atoms with Gasteiger partial charge in [0.1, 0.15) is 0 Å².